The Kier molecular flexibility index (Phi) is 14.6. The number of carboxylic acid groups (broad SMARTS) is 1. The summed E-state index contributed by atoms with van der Waals surface area (Å²) >= 11 is 0. The zero-order valence-electron chi connectivity index (χ0n) is 9.26. The Morgan fingerprint density at radius 1 is 1.75 bits per heavy atom. The predicted molar refractivity (Wildman–Crippen MR) is 30.3 cm³/mol. The minimum Gasteiger partial charge on any atom is -1.00 e. The number of rotatable bonds is 3. The van der Waals surface area contributed by atoms with Crippen molar-refractivity contribution in [3.63, 3.8) is 0 Å². The molecule has 12 heavy (non-hydrogen) atoms. The van der Waals surface area contributed by atoms with E-state index in [4.69, 9.17) is 10.3 Å². The number of likely N-dealkylation sites (N-methyl/N-ethyl adjacent to an activating group) is 1. The number of aliphatic carboxylic acids is 1. The zero-order valence-corrected chi connectivity index (χ0v) is 11.3. The molecule has 0 saturated heterocycles. The fraction of sp³-hybridized carbons (Fsp3) is 0.667. The molecule has 0 atom stereocenters. The van der Waals surface area contributed by atoms with Gasteiger partial charge in [0.15, 0.2) is 6.54 Å². The van der Waals surface area contributed by atoms with Gasteiger partial charge in [0, 0.05) is 0 Å². The maximum Gasteiger partial charge on any atom is 1.00 e. The van der Waals surface area contributed by atoms with E-state index in [1.807, 2.05) is 0 Å². The van der Waals surface area contributed by atoms with Crippen LogP contribution in [-0.2, 0) is 4.79 Å². The summed E-state index contributed by atoms with van der Waals surface area (Å²) in [5.74, 6) is -1.17. The van der Waals surface area contributed by atoms with Gasteiger partial charge in [-0.1, -0.05) is 0 Å². The van der Waals surface area contributed by atoms with Crippen LogP contribution in [0.2, 0.25) is 0 Å². The average molecular weight is 197 g/mol. The van der Waals surface area contributed by atoms with Crippen molar-refractivity contribution in [3.8, 4) is 0 Å². The summed E-state index contributed by atoms with van der Waals surface area (Å²) in [7, 11) is 1.18. The Morgan fingerprint density at radius 3 is 2.42 bits per heavy atom. The Hall–Kier alpha value is 0.470. The molecule has 0 aliphatic carbocycles. The van der Waals surface area contributed by atoms with Crippen LogP contribution in [0.4, 0.5) is 0 Å². The largest absolute Gasteiger partial charge is 1.00 e. The molecule has 0 spiro atoms. The third kappa shape index (κ3) is 8.57. The molecule has 0 aliphatic heterocycles. The Labute approximate surface area is 116 Å². The van der Waals surface area contributed by atoms with Crippen LogP contribution >= 0.6 is 0 Å². The summed E-state index contributed by atoms with van der Waals surface area (Å²) in [5.41, 5.74) is 0. The van der Waals surface area contributed by atoms with E-state index in [9.17, 15) is 10.0 Å². The molecule has 0 heterocycles. The van der Waals surface area contributed by atoms with Gasteiger partial charge < -0.3 is 18.4 Å². The fourth-order valence-electron chi connectivity index (χ4n) is 0.325. The molecular weight excluding hydrogens is 188 g/mol. The van der Waals surface area contributed by atoms with Crippen molar-refractivity contribution in [3.05, 3.63) is 5.21 Å². The predicted octanol–water partition coefficient (Wildman–Crippen LogP) is -6.50. The van der Waals surface area contributed by atoms with Gasteiger partial charge in [-0.15, -0.1) is 5.01 Å². The van der Waals surface area contributed by atoms with Gasteiger partial charge in [0.2, 0.25) is 5.28 Å². The van der Waals surface area contributed by atoms with E-state index in [0.29, 0.717) is 5.01 Å². The first-order valence-corrected chi connectivity index (χ1v) is 2.33. The summed E-state index contributed by atoms with van der Waals surface area (Å²) in [6, 6.07) is 0. The smallest absolute Gasteiger partial charge is 1.00 e. The first-order chi connectivity index (χ1) is 4.57. The number of hydrazine groups is 1. The summed E-state index contributed by atoms with van der Waals surface area (Å²) < 4.78 is 0. The Morgan fingerprint density at radius 2 is 2.17 bits per heavy atom. The molecule has 0 radical (unpaired) electrons. The van der Waals surface area contributed by atoms with Crippen LogP contribution in [0.25, 0.3) is 0 Å². The van der Waals surface area contributed by atoms with Crippen molar-refractivity contribution < 1.29 is 82.0 Å². The molecule has 9 heteroatoms. The quantitative estimate of drug-likeness (QED) is 0.203. The molecule has 0 amide bonds. The van der Waals surface area contributed by atoms with Gasteiger partial charge >= 0.3 is 65.1 Å². The summed E-state index contributed by atoms with van der Waals surface area (Å²) in [4.78, 5) is 9.67. The van der Waals surface area contributed by atoms with Gasteiger partial charge in [-0.05, 0) is 0 Å². The van der Waals surface area contributed by atoms with E-state index >= 15 is 0 Å². The van der Waals surface area contributed by atoms with Crippen LogP contribution in [0.5, 0.6) is 0 Å². The third-order valence-electron chi connectivity index (χ3n) is 0.733. The summed E-state index contributed by atoms with van der Waals surface area (Å²) in [5, 5.41) is 29.0. The number of carbonyl (C=O) groups is 1. The normalized spacial score (nSPS) is 9.25. The number of nitrogens with zero attached hydrogens (tertiary/aromatic N) is 3. The van der Waals surface area contributed by atoms with Crippen molar-refractivity contribution in [1.29, 1.82) is 0 Å². The molecule has 7 nitrogen and oxygen atoms in total. The van der Waals surface area contributed by atoms with Gasteiger partial charge in [0.1, 0.15) is 0 Å². The van der Waals surface area contributed by atoms with Gasteiger partial charge in [-0.3, -0.25) is 4.79 Å². The van der Waals surface area contributed by atoms with Gasteiger partial charge in [-0.2, -0.15) is 0 Å². The SMILES string of the molecule is CN(CC(=O)O)/[N+]([O-])=N\O.[H-].[H-].[Na+].[Na+]. The standard InChI is InChI=1S/C3H7N3O4.2Na.2H/c1-5(2-3(7)8)6(10)4-9;;;;/h9H,2H2,1H3,(H,7,8);;;;/q;2*+1;2*-1/b6-4+;;;;. The van der Waals surface area contributed by atoms with Crippen molar-refractivity contribution >= 4 is 5.97 Å². The molecule has 0 rings (SSSR count). The average Bonchev–Trinajstić information content (AvgIpc) is 1.85. The Bertz CT molecular complexity index is 172. The van der Waals surface area contributed by atoms with Crippen LogP contribution < -0.4 is 59.1 Å². The molecular formula is C3H9N3Na2O4. The second kappa shape index (κ2) is 9.56. The van der Waals surface area contributed by atoms with Crippen LogP contribution in [0.15, 0.2) is 5.28 Å². The minimum atomic E-state index is -1.17. The molecule has 0 unspecified atom stereocenters. The molecule has 2 N–H and O–H groups in total. The monoisotopic (exact) mass is 197 g/mol. The van der Waals surface area contributed by atoms with Gasteiger partial charge in [-0.25, -0.2) is 0 Å². The Balaban J connectivity index is -0.0000000675. The van der Waals surface area contributed by atoms with Crippen LogP contribution in [0.1, 0.15) is 2.85 Å². The third-order valence-corrected chi connectivity index (χ3v) is 0.733. The van der Waals surface area contributed by atoms with Crippen LogP contribution in [-0.4, -0.2) is 39.9 Å². The summed E-state index contributed by atoms with van der Waals surface area (Å²) in [6.07, 6.45) is 0. The fourth-order valence-corrected chi connectivity index (χ4v) is 0.325. The number of hydrogen-bond acceptors (Lipinski definition) is 3. The van der Waals surface area contributed by atoms with Crippen LogP contribution in [0, 0.1) is 5.21 Å². The summed E-state index contributed by atoms with van der Waals surface area (Å²) in [6.45, 7) is -0.506. The number of carboxylic acids is 1. The van der Waals surface area contributed by atoms with E-state index in [0.717, 1.165) is 0 Å². The molecule has 0 aromatic rings. The first kappa shape index (κ1) is 18.3. The minimum absolute atomic E-state index is 0. The number of hydrogen-bond donors (Lipinski definition) is 2. The topological polar surface area (TPSA) is 99.2 Å². The molecule has 0 bridgehead atoms. The molecule has 0 aromatic carbocycles. The second-order valence-electron chi connectivity index (χ2n) is 1.55. The van der Waals surface area contributed by atoms with E-state index in [2.05, 4.69) is 5.28 Å². The van der Waals surface area contributed by atoms with E-state index < -0.39 is 12.5 Å². The molecule has 0 saturated carbocycles. The van der Waals surface area contributed by atoms with Crippen molar-refractivity contribution in [2.45, 2.75) is 0 Å². The van der Waals surface area contributed by atoms with E-state index in [1.54, 1.807) is 0 Å². The molecule has 0 fully saturated rings. The maximum atomic E-state index is 10.2. The first-order valence-electron chi connectivity index (χ1n) is 2.33. The van der Waals surface area contributed by atoms with Crippen LogP contribution in [0.3, 0.4) is 0 Å². The van der Waals surface area contributed by atoms with Gasteiger partial charge in [0.25, 0.3) is 0 Å². The van der Waals surface area contributed by atoms with Crippen molar-refractivity contribution in [1.82, 2.24) is 5.01 Å². The van der Waals surface area contributed by atoms with Crippen molar-refractivity contribution in [2.75, 3.05) is 13.6 Å². The molecule has 0 aliphatic rings. The van der Waals surface area contributed by atoms with Gasteiger partial charge in [0.05, 0.1) is 12.0 Å². The maximum absolute atomic E-state index is 10.2. The second-order valence-corrected chi connectivity index (χ2v) is 1.55. The molecule has 62 valence electrons. The molecule has 0 aromatic heterocycles. The zero-order chi connectivity index (χ0) is 8.15. The van der Waals surface area contributed by atoms with E-state index in [-0.39, 0.29) is 66.9 Å². The van der Waals surface area contributed by atoms with Crippen molar-refractivity contribution in [2.24, 2.45) is 5.28 Å². The van der Waals surface area contributed by atoms with E-state index in [1.165, 1.54) is 7.05 Å².